The van der Waals surface area contributed by atoms with Gasteiger partial charge in [-0.1, -0.05) is 30.3 Å². The molecule has 0 fully saturated rings. The maximum absolute atomic E-state index is 13.1. The molecule has 1 heterocycles. The molecule has 0 saturated heterocycles. The standard InChI is InChI=1S/C30H23F3N4O2/c1-18(38)37(2)25-12-9-19(10-13-25)29(39)34-24-8-4-6-21(16-24)20-5-3-7-22(15-20)28-35-26-14-11-23(30(31,32)33)17-27(26)36-28/h3-17H,1-2H3,(H,34,39)(H,35,36). The van der Waals surface area contributed by atoms with Gasteiger partial charge >= 0.3 is 6.18 Å². The number of halogens is 3. The van der Waals surface area contributed by atoms with Gasteiger partial charge in [-0.25, -0.2) is 4.98 Å². The van der Waals surface area contributed by atoms with E-state index < -0.39 is 11.7 Å². The summed E-state index contributed by atoms with van der Waals surface area (Å²) in [7, 11) is 1.66. The van der Waals surface area contributed by atoms with Crippen LogP contribution in [0.4, 0.5) is 24.5 Å². The zero-order valence-corrected chi connectivity index (χ0v) is 21.0. The zero-order chi connectivity index (χ0) is 27.7. The first-order chi connectivity index (χ1) is 18.6. The second kappa shape index (κ2) is 10.1. The van der Waals surface area contributed by atoms with Gasteiger partial charge < -0.3 is 15.2 Å². The Labute approximate surface area is 222 Å². The fraction of sp³-hybridized carbons (Fsp3) is 0.100. The molecule has 0 bridgehead atoms. The molecule has 9 heteroatoms. The minimum absolute atomic E-state index is 0.107. The lowest BCUT2D eigenvalue weighted by Gasteiger charge is -2.15. The number of rotatable bonds is 5. The third-order valence-corrected chi connectivity index (χ3v) is 6.39. The molecular weight excluding hydrogens is 505 g/mol. The van der Waals surface area contributed by atoms with Crippen LogP contribution >= 0.6 is 0 Å². The number of H-pyrrole nitrogens is 1. The molecule has 0 radical (unpaired) electrons. The van der Waals surface area contributed by atoms with E-state index in [1.54, 1.807) is 37.4 Å². The first kappa shape index (κ1) is 25.7. The van der Waals surface area contributed by atoms with Crippen LogP contribution < -0.4 is 10.2 Å². The normalized spacial score (nSPS) is 11.4. The fourth-order valence-electron chi connectivity index (χ4n) is 4.17. The van der Waals surface area contributed by atoms with E-state index in [1.807, 2.05) is 42.5 Å². The Morgan fingerprint density at radius 2 is 1.51 bits per heavy atom. The van der Waals surface area contributed by atoms with Gasteiger partial charge in [0.05, 0.1) is 16.6 Å². The van der Waals surface area contributed by atoms with E-state index in [0.717, 1.165) is 23.3 Å². The molecule has 0 aliphatic carbocycles. The van der Waals surface area contributed by atoms with E-state index in [0.29, 0.717) is 39.4 Å². The topological polar surface area (TPSA) is 78.1 Å². The lowest BCUT2D eigenvalue weighted by molar-refractivity contribution is -0.137. The molecule has 2 N–H and O–H groups in total. The molecule has 196 valence electrons. The Morgan fingerprint density at radius 3 is 2.21 bits per heavy atom. The summed E-state index contributed by atoms with van der Waals surface area (Å²) >= 11 is 0. The maximum atomic E-state index is 13.1. The van der Waals surface area contributed by atoms with Gasteiger partial charge in [0.25, 0.3) is 5.91 Å². The Balaban J connectivity index is 1.36. The fourth-order valence-corrected chi connectivity index (χ4v) is 4.17. The molecule has 0 aliphatic rings. The Hall–Kier alpha value is -4.92. The summed E-state index contributed by atoms with van der Waals surface area (Å²) in [4.78, 5) is 33.3. The van der Waals surface area contributed by atoms with Gasteiger partial charge in [-0.2, -0.15) is 13.2 Å². The number of imidazole rings is 1. The molecule has 5 aromatic rings. The van der Waals surface area contributed by atoms with Crippen LogP contribution in [0, 0.1) is 0 Å². The van der Waals surface area contributed by atoms with Crippen LogP contribution in [-0.2, 0) is 11.0 Å². The number of fused-ring (bicyclic) bond motifs is 1. The van der Waals surface area contributed by atoms with Crippen molar-refractivity contribution in [2.75, 3.05) is 17.3 Å². The van der Waals surface area contributed by atoms with Crippen molar-refractivity contribution in [1.29, 1.82) is 0 Å². The molecule has 6 nitrogen and oxygen atoms in total. The number of hydrogen-bond donors (Lipinski definition) is 2. The van der Waals surface area contributed by atoms with Crippen molar-refractivity contribution in [3.8, 4) is 22.5 Å². The third kappa shape index (κ3) is 5.52. The minimum atomic E-state index is -4.44. The van der Waals surface area contributed by atoms with Gasteiger partial charge in [0.1, 0.15) is 5.82 Å². The van der Waals surface area contributed by atoms with Gasteiger partial charge in [0, 0.05) is 36.5 Å². The van der Waals surface area contributed by atoms with E-state index in [-0.39, 0.29) is 11.8 Å². The van der Waals surface area contributed by atoms with Gasteiger partial charge in [0.2, 0.25) is 5.91 Å². The summed E-state index contributed by atoms with van der Waals surface area (Å²) in [6, 6.07) is 24.9. The van der Waals surface area contributed by atoms with Crippen molar-refractivity contribution >= 4 is 34.2 Å². The van der Waals surface area contributed by atoms with Crippen LogP contribution in [0.25, 0.3) is 33.5 Å². The van der Waals surface area contributed by atoms with E-state index >= 15 is 0 Å². The molecular formula is C30H23F3N4O2. The Morgan fingerprint density at radius 1 is 0.846 bits per heavy atom. The monoisotopic (exact) mass is 528 g/mol. The zero-order valence-electron chi connectivity index (χ0n) is 21.0. The summed E-state index contributed by atoms with van der Waals surface area (Å²) in [5.41, 5.74) is 4.12. The van der Waals surface area contributed by atoms with Gasteiger partial charge in [-0.15, -0.1) is 0 Å². The second-order valence-corrected chi connectivity index (χ2v) is 9.06. The van der Waals surface area contributed by atoms with Crippen LogP contribution in [-0.4, -0.2) is 28.8 Å². The predicted molar refractivity (Wildman–Crippen MR) is 145 cm³/mol. The third-order valence-electron chi connectivity index (χ3n) is 6.39. The number of nitrogens with one attached hydrogen (secondary N) is 2. The predicted octanol–water partition coefficient (Wildman–Crippen LogP) is 7.15. The highest BCUT2D eigenvalue weighted by atomic mass is 19.4. The van der Waals surface area contributed by atoms with E-state index in [1.165, 1.54) is 17.9 Å². The Kier molecular flexibility index (Phi) is 6.66. The molecule has 2 amide bonds. The molecule has 0 atom stereocenters. The number of aromatic amines is 1. The summed E-state index contributed by atoms with van der Waals surface area (Å²) in [6.07, 6.45) is -4.44. The van der Waals surface area contributed by atoms with Crippen LogP contribution in [0.15, 0.2) is 91.0 Å². The molecule has 39 heavy (non-hydrogen) atoms. The van der Waals surface area contributed by atoms with Crippen molar-refractivity contribution < 1.29 is 22.8 Å². The number of alkyl halides is 3. The number of carbonyl (C=O) groups is 2. The quantitative estimate of drug-likeness (QED) is 0.254. The SMILES string of the molecule is CC(=O)N(C)c1ccc(C(=O)Nc2cccc(-c3cccc(-c4nc5ccc(C(F)(F)F)cc5[nH]4)c3)c2)cc1. The maximum Gasteiger partial charge on any atom is 0.416 e. The molecule has 0 aliphatic heterocycles. The molecule has 5 rings (SSSR count). The number of benzene rings is 4. The number of hydrogen-bond acceptors (Lipinski definition) is 3. The lowest BCUT2D eigenvalue weighted by Crippen LogP contribution is -2.22. The van der Waals surface area contributed by atoms with Crippen molar-refractivity contribution in [2.45, 2.75) is 13.1 Å². The summed E-state index contributed by atoms with van der Waals surface area (Å²) in [5, 5.41) is 2.89. The highest BCUT2D eigenvalue weighted by molar-refractivity contribution is 6.05. The first-order valence-corrected chi connectivity index (χ1v) is 12.0. The van der Waals surface area contributed by atoms with E-state index in [2.05, 4.69) is 15.3 Å². The highest BCUT2D eigenvalue weighted by Crippen LogP contribution is 2.32. The molecule has 1 aromatic heterocycles. The highest BCUT2D eigenvalue weighted by Gasteiger charge is 2.30. The number of anilines is 2. The van der Waals surface area contributed by atoms with Crippen molar-refractivity contribution in [2.24, 2.45) is 0 Å². The molecule has 0 spiro atoms. The molecule has 0 unspecified atom stereocenters. The smallest absolute Gasteiger partial charge is 0.338 e. The summed E-state index contributed by atoms with van der Waals surface area (Å²) < 4.78 is 39.3. The molecule has 4 aromatic carbocycles. The molecule has 0 saturated carbocycles. The average Bonchev–Trinajstić information content (AvgIpc) is 3.36. The minimum Gasteiger partial charge on any atom is -0.338 e. The van der Waals surface area contributed by atoms with Gasteiger partial charge in [0.15, 0.2) is 0 Å². The van der Waals surface area contributed by atoms with Gasteiger partial charge in [-0.05, 0) is 71.8 Å². The largest absolute Gasteiger partial charge is 0.416 e. The number of carbonyl (C=O) groups excluding carboxylic acids is 2. The number of aromatic nitrogens is 2. The van der Waals surface area contributed by atoms with Crippen LogP contribution in [0.2, 0.25) is 0 Å². The van der Waals surface area contributed by atoms with E-state index in [4.69, 9.17) is 0 Å². The van der Waals surface area contributed by atoms with E-state index in [9.17, 15) is 22.8 Å². The number of amides is 2. The first-order valence-electron chi connectivity index (χ1n) is 12.0. The van der Waals surface area contributed by atoms with Crippen LogP contribution in [0.1, 0.15) is 22.8 Å². The van der Waals surface area contributed by atoms with Crippen LogP contribution in [0.3, 0.4) is 0 Å². The Bertz CT molecular complexity index is 1690. The van der Waals surface area contributed by atoms with Crippen molar-refractivity contribution in [3.63, 3.8) is 0 Å². The number of nitrogens with zero attached hydrogens (tertiary/aromatic N) is 2. The van der Waals surface area contributed by atoms with Crippen molar-refractivity contribution in [3.05, 3.63) is 102 Å². The van der Waals surface area contributed by atoms with Crippen molar-refractivity contribution in [1.82, 2.24) is 9.97 Å². The second-order valence-electron chi connectivity index (χ2n) is 9.06. The van der Waals surface area contributed by atoms with Crippen LogP contribution in [0.5, 0.6) is 0 Å². The van der Waals surface area contributed by atoms with Gasteiger partial charge in [-0.3, -0.25) is 9.59 Å². The summed E-state index contributed by atoms with van der Waals surface area (Å²) in [6.45, 7) is 1.47. The average molecular weight is 529 g/mol. The summed E-state index contributed by atoms with van der Waals surface area (Å²) in [5.74, 6) is 0.0527. The lowest BCUT2D eigenvalue weighted by atomic mass is 10.0.